The SMILES string of the molecule is CCN(CC)CCN(Cc1cc2ccc(C)cc2[nH]c1=O)C(=S)NCCCN1CCOCC1. The molecule has 0 amide bonds. The van der Waals surface area contributed by atoms with Crippen LogP contribution >= 0.6 is 12.2 Å². The van der Waals surface area contributed by atoms with Gasteiger partial charge in [0, 0.05) is 43.8 Å². The van der Waals surface area contributed by atoms with Gasteiger partial charge in [0.2, 0.25) is 0 Å². The van der Waals surface area contributed by atoms with Crippen molar-refractivity contribution < 1.29 is 4.74 Å². The van der Waals surface area contributed by atoms with Crippen LogP contribution in [0, 0.1) is 6.92 Å². The van der Waals surface area contributed by atoms with Crippen molar-refractivity contribution in [1.82, 2.24) is 25.0 Å². The highest BCUT2D eigenvalue weighted by atomic mass is 32.1. The number of benzene rings is 1. The molecule has 0 unspecified atom stereocenters. The summed E-state index contributed by atoms with van der Waals surface area (Å²) in [6.07, 6.45) is 1.03. The lowest BCUT2D eigenvalue weighted by atomic mass is 10.1. The molecule has 0 spiro atoms. The van der Waals surface area contributed by atoms with Gasteiger partial charge in [-0.15, -0.1) is 0 Å². The van der Waals surface area contributed by atoms with Crippen LogP contribution in [0.15, 0.2) is 29.1 Å². The summed E-state index contributed by atoms with van der Waals surface area (Å²) in [5, 5.41) is 5.20. The number of aromatic nitrogens is 1. The second-order valence-corrected chi connectivity index (χ2v) is 9.09. The van der Waals surface area contributed by atoms with Crippen LogP contribution in [0.5, 0.6) is 0 Å². The zero-order valence-electron chi connectivity index (χ0n) is 20.4. The van der Waals surface area contributed by atoms with Crippen molar-refractivity contribution in [2.24, 2.45) is 0 Å². The lowest BCUT2D eigenvalue weighted by Gasteiger charge is -2.29. The lowest BCUT2D eigenvalue weighted by molar-refractivity contribution is 0.0376. The van der Waals surface area contributed by atoms with Gasteiger partial charge in [0.25, 0.3) is 5.56 Å². The summed E-state index contributed by atoms with van der Waals surface area (Å²) in [5.41, 5.74) is 2.70. The van der Waals surface area contributed by atoms with E-state index in [1.807, 2.05) is 19.1 Å². The third kappa shape index (κ3) is 7.78. The molecule has 0 radical (unpaired) electrons. The number of nitrogens with zero attached hydrogens (tertiary/aromatic N) is 3. The maximum Gasteiger partial charge on any atom is 0.253 e. The quantitative estimate of drug-likeness (QED) is 0.384. The Hall–Kier alpha value is -2.00. The third-order valence-electron chi connectivity index (χ3n) is 6.34. The lowest BCUT2D eigenvalue weighted by Crippen LogP contribution is -2.45. The fraction of sp³-hybridized carbons (Fsp3) is 0.600. The van der Waals surface area contributed by atoms with E-state index in [2.05, 4.69) is 51.0 Å². The smallest absolute Gasteiger partial charge is 0.253 e. The fourth-order valence-electron chi connectivity index (χ4n) is 4.17. The average Bonchev–Trinajstić information content (AvgIpc) is 2.82. The molecular weight excluding hydrogens is 434 g/mol. The molecule has 0 bridgehead atoms. The predicted molar refractivity (Wildman–Crippen MR) is 140 cm³/mol. The van der Waals surface area contributed by atoms with Gasteiger partial charge in [-0.3, -0.25) is 9.69 Å². The van der Waals surface area contributed by atoms with E-state index in [0.717, 1.165) is 94.0 Å². The zero-order chi connectivity index (χ0) is 23.6. The van der Waals surface area contributed by atoms with Crippen molar-refractivity contribution in [3.8, 4) is 0 Å². The molecule has 182 valence electrons. The Labute approximate surface area is 203 Å². The van der Waals surface area contributed by atoms with Gasteiger partial charge in [0.15, 0.2) is 5.11 Å². The number of morpholine rings is 1. The van der Waals surface area contributed by atoms with Gasteiger partial charge >= 0.3 is 0 Å². The molecule has 2 aromatic rings. The maximum absolute atomic E-state index is 12.8. The first-order valence-corrected chi connectivity index (χ1v) is 12.6. The van der Waals surface area contributed by atoms with Crippen LogP contribution in [-0.2, 0) is 11.3 Å². The number of rotatable bonds is 11. The van der Waals surface area contributed by atoms with Crippen LogP contribution < -0.4 is 10.9 Å². The summed E-state index contributed by atoms with van der Waals surface area (Å²) in [4.78, 5) is 22.8. The van der Waals surface area contributed by atoms with Crippen LogP contribution in [-0.4, -0.2) is 90.4 Å². The van der Waals surface area contributed by atoms with Crippen molar-refractivity contribution in [2.75, 3.05) is 65.6 Å². The summed E-state index contributed by atoms with van der Waals surface area (Å²) >= 11 is 5.78. The summed E-state index contributed by atoms with van der Waals surface area (Å²) in [5.74, 6) is 0. The summed E-state index contributed by atoms with van der Waals surface area (Å²) < 4.78 is 5.42. The van der Waals surface area contributed by atoms with E-state index in [0.29, 0.717) is 11.7 Å². The van der Waals surface area contributed by atoms with Gasteiger partial charge in [-0.25, -0.2) is 0 Å². The molecule has 1 aliphatic rings. The largest absolute Gasteiger partial charge is 0.379 e. The summed E-state index contributed by atoms with van der Waals surface area (Å²) in [6, 6.07) is 8.15. The molecule has 1 aliphatic heterocycles. The van der Waals surface area contributed by atoms with Gasteiger partial charge in [-0.05, 0) is 68.3 Å². The summed E-state index contributed by atoms with van der Waals surface area (Å²) in [7, 11) is 0. The van der Waals surface area contributed by atoms with Crippen molar-refractivity contribution in [3.63, 3.8) is 0 Å². The molecular formula is C25H39N5O2S. The van der Waals surface area contributed by atoms with Crippen LogP contribution in [0.4, 0.5) is 0 Å². The molecule has 1 aromatic heterocycles. The van der Waals surface area contributed by atoms with Crippen molar-refractivity contribution >= 4 is 28.2 Å². The second-order valence-electron chi connectivity index (χ2n) is 8.70. The number of aryl methyl sites for hydroxylation is 1. The van der Waals surface area contributed by atoms with E-state index >= 15 is 0 Å². The standard InChI is InChI=1S/C25H39N5O2S/c1-4-28(5-2)11-12-30(25(33)26-9-6-10-29-13-15-32-16-14-29)19-22-18-21-8-7-20(3)17-23(21)27-24(22)31/h7-8,17-18H,4-6,9-16,19H2,1-3H3,(H,26,33)(H,27,31). The Bertz CT molecular complexity index is 953. The highest BCUT2D eigenvalue weighted by Crippen LogP contribution is 2.14. The Morgan fingerprint density at radius 2 is 1.94 bits per heavy atom. The zero-order valence-corrected chi connectivity index (χ0v) is 21.2. The van der Waals surface area contributed by atoms with Crippen molar-refractivity contribution in [1.29, 1.82) is 0 Å². The first-order valence-electron chi connectivity index (χ1n) is 12.2. The van der Waals surface area contributed by atoms with Gasteiger partial charge in [-0.1, -0.05) is 26.0 Å². The molecule has 1 fully saturated rings. The minimum Gasteiger partial charge on any atom is -0.379 e. The number of aromatic amines is 1. The van der Waals surface area contributed by atoms with E-state index in [-0.39, 0.29) is 5.56 Å². The molecule has 3 rings (SSSR count). The Balaban J connectivity index is 1.64. The monoisotopic (exact) mass is 473 g/mol. The summed E-state index contributed by atoms with van der Waals surface area (Å²) in [6.45, 7) is 16.1. The molecule has 7 nitrogen and oxygen atoms in total. The number of nitrogens with one attached hydrogen (secondary N) is 2. The number of ether oxygens (including phenoxy) is 1. The molecule has 8 heteroatoms. The normalized spacial score (nSPS) is 14.7. The number of pyridine rings is 1. The van der Waals surface area contributed by atoms with Gasteiger partial charge in [0.1, 0.15) is 0 Å². The maximum atomic E-state index is 12.8. The van der Waals surface area contributed by atoms with Crippen LogP contribution in [0.1, 0.15) is 31.4 Å². The first kappa shape index (κ1) is 25.6. The molecule has 0 atom stereocenters. The molecule has 2 heterocycles. The number of fused-ring (bicyclic) bond motifs is 1. The number of hydrogen-bond donors (Lipinski definition) is 2. The Kier molecular flexibility index (Phi) is 10.1. The number of H-pyrrole nitrogens is 1. The fourth-order valence-corrected chi connectivity index (χ4v) is 4.43. The third-order valence-corrected chi connectivity index (χ3v) is 6.74. The van der Waals surface area contributed by atoms with E-state index in [1.54, 1.807) is 0 Å². The molecule has 1 saturated heterocycles. The molecule has 0 saturated carbocycles. The number of thiocarbonyl (C=S) groups is 1. The van der Waals surface area contributed by atoms with Crippen LogP contribution in [0.3, 0.4) is 0 Å². The number of hydrogen-bond acceptors (Lipinski definition) is 5. The highest BCUT2D eigenvalue weighted by Gasteiger charge is 2.15. The van der Waals surface area contributed by atoms with Crippen molar-refractivity contribution in [3.05, 3.63) is 45.7 Å². The molecule has 2 N–H and O–H groups in total. The molecule has 0 aliphatic carbocycles. The van der Waals surface area contributed by atoms with E-state index in [4.69, 9.17) is 17.0 Å². The highest BCUT2D eigenvalue weighted by molar-refractivity contribution is 7.80. The minimum absolute atomic E-state index is 0.0453. The average molecular weight is 474 g/mol. The minimum atomic E-state index is -0.0453. The Morgan fingerprint density at radius 1 is 1.18 bits per heavy atom. The number of likely N-dealkylation sites (N-methyl/N-ethyl adjacent to an activating group) is 1. The first-order chi connectivity index (χ1) is 16.0. The molecule has 33 heavy (non-hydrogen) atoms. The van der Waals surface area contributed by atoms with E-state index in [1.165, 1.54) is 0 Å². The van der Waals surface area contributed by atoms with E-state index < -0.39 is 0 Å². The Morgan fingerprint density at radius 3 is 2.67 bits per heavy atom. The van der Waals surface area contributed by atoms with Crippen molar-refractivity contribution in [2.45, 2.75) is 33.7 Å². The van der Waals surface area contributed by atoms with Gasteiger partial charge in [0.05, 0.1) is 19.8 Å². The van der Waals surface area contributed by atoms with Crippen LogP contribution in [0.25, 0.3) is 10.9 Å². The van der Waals surface area contributed by atoms with Crippen LogP contribution in [0.2, 0.25) is 0 Å². The van der Waals surface area contributed by atoms with Gasteiger partial charge < -0.3 is 24.8 Å². The molecule has 1 aromatic carbocycles. The topological polar surface area (TPSA) is 63.8 Å². The van der Waals surface area contributed by atoms with Gasteiger partial charge in [-0.2, -0.15) is 0 Å². The van der Waals surface area contributed by atoms with E-state index in [9.17, 15) is 4.79 Å². The second kappa shape index (κ2) is 13.0. The predicted octanol–water partition coefficient (Wildman–Crippen LogP) is 2.58.